The van der Waals surface area contributed by atoms with E-state index in [1.54, 1.807) is 0 Å². The lowest BCUT2D eigenvalue weighted by Gasteiger charge is -2.06. The van der Waals surface area contributed by atoms with Gasteiger partial charge in [0.15, 0.2) is 0 Å². The maximum absolute atomic E-state index is 5.70. The molecule has 2 N–H and O–H groups in total. The Balaban J connectivity index is 2.06. The minimum Gasteiger partial charge on any atom is -0.328 e. The van der Waals surface area contributed by atoms with Crippen LogP contribution in [0.1, 0.15) is 23.9 Å². The van der Waals surface area contributed by atoms with Crippen LogP contribution in [0.3, 0.4) is 0 Å². The van der Waals surface area contributed by atoms with E-state index in [2.05, 4.69) is 34.7 Å². The third-order valence-electron chi connectivity index (χ3n) is 3.56. The molecule has 2 aromatic heterocycles. The molecule has 0 aliphatic heterocycles. The van der Waals surface area contributed by atoms with Gasteiger partial charge in [0.2, 0.25) is 0 Å². The molecule has 0 atom stereocenters. The molecule has 0 saturated heterocycles. The van der Waals surface area contributed by atoms with Crippen LogP contribution >= 0.6 is 0 Å². The number of hydrogen-bond donors (Lipinski definition) is 1. The molecule has 20 heavy (non-hydrogen) atoms. The Labute approximate surface area is 118 Å². The molecule has 2 heterocycles. The zero-order valence-corrected chi connectivity index (χ0v) is 11.6. The standard InChI is InChI=1S/C16H18N4/c1-2-20-15-4-3-13(11-17)9-14(15)19-16(20)10-12-5-7-18-8-6-12/h3-9H,2,10-11,17H2,1H3. The highest BCUT2D eigenvalue weighted by Gasteiger charge is 2.10. The summed E-state index contributed by atoms with van der Waals surface area (Å²) in [4.78, 5) is 8.83. The summed E-state index contributed by atoms with van der Waals surface area (Å²) in [7, 11) is 0. The average molecular weight is 266 g/mol. The minimum absolute atomic E-state index is 0.550. The van der Waals surface area contributed by atoms with E-state index in [1.807, 2.05) is 24.5 Å². The SMILES string of the molecule is CCn1c(Cc2ccncc2)nc2cc(CN)ccc21. The van der Waals surface area contributed by atoms with Gasteiger partial charge >= 0.3 is 0 Å². The van der Waals surface area contributed by atoms with E-state index in [9.17, 15) is 0 Å². The number of nitrogens with zero attached hydrogens (tertiary/aromatic N) is 3. The van der Waals surface area contributed by atoms with E-state index in [0.29, 0.717) is 6.54 Å². The summed E-state index contributed by atoms with van der Waals surface area (Å²) in [5, 5.41) is 0. The normalized spacial score (nSPS) is 11.1. The zero-order chi connectivity index (χ0) is 13.9. The van der Waals surface area contributed by atoms with Crippen LogP contribution in [0.4, 0.5) is 0 Å². The third kappa shape index (κ3) is 2.30. The second kappa shape index (κ2) is 5.43. The summed E-state index contributed by atoms with van der Waals surface area (Å²) in [6.07, 6.45) is 4.46. The summed E-state index contributed by atoms with van der Waals surface area (Å²) in [6, 6.07) is 10.3. The fourth-order valence-electron chi connectivity index (χ4n) is 2.52. The van der Waals surface area contributed by atoms with Crippen LogP contribution in [0.15, 0.2) is 42.7 Å². The molecule has 0 saturated carbocycles. The molecule has 0 aliphatic rings. The number of hydrogen-bond acceptors (Lipinski definition) is 3. The predicted molar refractivity (Wildman–Crippen MR) is 80.3 cm³/mol. The number of pyridine rings is 1. The summed E-state index contributed by atoms with van der Waals surface area (Å²) in [5.41, 5.74) is 10.2. The number of rotatable bonds is 4. The van der Waals surface area contributed by atoms with E-state index in [1.165, 1.54) is 11.1 Å². The first kappa shape index (κ1) is 12.8. The quantitative estimate of drug-likeness (QED) is 0.789. The maximum atomic E-state index is 5.70. The van der Waals surface area contributed by atoms with Crippen molar-refractivity contribution in [2.24, 2.45) is 5.73 Å². The molecule has 4 heteroatoms. The predicted octanol–water partition coefficient (Wildman–Crippen LogP) is 2.50. The van der Waals surface area contributed by atoms with Crippen molar-refractivity contribution in [2.45, 2.75) is 26.4 Å². The Bertz CT molecular complexity index is 716. The number of nitrogens with two attached hydrogens (primary N) is 1. The van der Waals surface area contributed by atoms with Gasteiger partial charge < -0.3 is 10.3 Å². The molecule has 3 aromatic rings. The Kier molecular flexibility index (Phi) is 3.48. The van der Waals surface area contributed by atoms with Gasteiger partial charge in [-0.25, -0.2) is 4.98 Å². The van der Waals surface area contributed by atoms with E-state index >= 15 is 0 Å². The number of aromatic nitrogens is 3. The first-order valence-corrected chi connectivity index (χ1v) is 6.89. The number of fused-ring (bicyclic) bond motifs is 1. The van der Waals surface area contributed by atoms with Crippen LogP contribution in [-0.2, 0) is 19.5 Å². The van der Waals surface area contributed by atoms with Gasteiger partial charge in [-0.1, -0.05) is 6.07 Å². The lowest BCUT2D eigenvalue weighted by molar-refractivity contribution is 0.733. The van der Waals surface area contributed by atoms with Gasteiger partial charge in [0, 0.05) is 31.9 Å². The second-order valence-electron chi connectivity index (χ2n) is 4.83. The average Bonchev–Trinajstić information content (AvgIpc) is 2.84. The number of aryl methyl sites for hydroxylation is 1. The molecule has 0 aliphatic carbocycles. The van der Waals surface area contributed by atoms with Crippen molar-refractivity contribution in [1.29, 1.82) is 0 Å². The van der Waals surface area contributed by atoms with Crippen molar-refractivity contribution < 1.29 is 0 Å². The van der Waals surface area contributed by atoms with E-state index in [0.717, 1.165) is 29.9 Å². The van der Waals surface area contributed by atoms with E-state index < -0.39 is 0 Å². The molecule has 0 fully saturated rings. The maximum Gasteiger partial charge on any atom is 0.114 e. The van der Waals surface area contributed by atoms with Crippen molar-refractivity contribution in [3.8, 4) is 0 Å². The molecular formula is C16H18N4. The summed E-state index contributed by atoms with van der Waals surface area (Å²) >= 11 is 0. The first-order chi connectivity index (χ1) is 9.81. The van der Waals surface area contributed by atoms with Gasteiger partial charge in [-0.05, 0) is 42.3 Å². The lowest BCUT2D eigenvalue weighted by atomic mass is 10.2. The molecular weight excluding hydrogens is 248 g/mol. The Morgan fingerprint density at radius 2 is 1.90 bits per heavy atom. The van der Waals surface area contributed by atoms with Crippen molar-refractivity contribution >= 4 is 11.0 Å². The van der Waals surface area contributed by atoms with Gasteiger partial charge in [-0.2, -0.15) is 0 Å². The largest absolute Gasteiger partial charge is 0.328 e. The van der Waals surface area contributed by atoms with Gasteiger partial charge in [0.05, 0.1) is 11.0 Å². The Morgan fingerprint density at radius 1 is 1.10 bits per heavy atom. The monoisotopic (exact) mass is 266 g/mol. The van der Waals surface area contributed by atoms with Crippen LogP contribution in [0.2, 0.25) is 0 Å². The van der Waals surface area contributed by atoms with Gasteiger partial charge in [0.1, 0.15) is 5.82 Å². The molecule has 0 bridgehead atoms. The van der Waals surface area contributed by atoms with Crippen molar-refractivity contribution in [3.63, 3.8) is 0 Å². The second-order valence-corrected chi connectivity index (χ2v) is 4.83. The molecule has 0 spiro atoms. The number of benzene rings is 1. The molecule has 1 aromatic carbocycles. The van der Waals surface area contributed by atoms with Crippen molar-refractivity contribution in [2.75, 3.05) is 0 Å². The van der Waals surface area contributed by atoms with Gasteiger partial charge in [-0.15, -0.1) is 0 Å². The fraction of sp³-hybridized carbons (Fsp3) is 0.250. The third-order valence-corrected chi connectivity index (χ3v) is 3.56. The van der Waals surface area contributed by atoms with E-state index in [4.69, 9.17) is 10.7 Å². The fourth-order valence-corrected chi connectivity index (χ4v) is 2.52. The lowest BCUT2D eigenvalue weighted by Crippen LogP contribution is -2.02. The Hall–Kier alpha value is -2.20. The van der Waals surface area contributed by atoms with E-state index in [-0.39, 0.29) is 0 Å². The highest BCUT2D eigenvalue weighted by molar-refractivity contribution is 5.77. The first-order valence-electron chi connectivity index (χ1n) is 6.89. The van der Waals surface area contributed by atoms with Crippen LogP contribution in [0, 0.1) is 0 Å². The van der Waals surface area contributed by atoms with Crippen molar-refractivity contribution in [1.82, 2.24) is 14.5 Å². The smallest absolute Gasteiger partial charge is 0.114 e. The summed E-state index contributed by atoms with van der Waals surface area (Å²) in [6.45, 7) is 3.61. The van der Waals surface area contributed by atoms with Gasteiger partial charge in [0.25, 0.3) is 0 Å². The number of imidazole rings is 1. The highest BCUT2D eigenvalue weighted by atomic mass is 15.1. The summed E-state index contributed by atoms with van der Waals surface area (Å²) < 4.78 is 2.26. The summed E-state index contributed by atoms with van der Waals surface area (Å²) in [5.74, 6) is 1.09. The Morgan fingerprint density at radius 3 is 2.60 bits per heavy atom. The molecule has 102 valence electrons. The van der Waals surface area contributed by atoms with Gasteiger partial charge in [-0.3, -0.25) is 4.98 Å². The highest BCUT2D eigenvalue weighted by Crippen LogP contribution is 2.20. The van der Waals surface area contributed by atoms with Crippen LogP contribution in [0.5, 0.6) is 0 Å². The van der Waals surface area contributed by atoms with Crippen LogP contribution in [0.25, 0.3) is 11.0 Å². The molecule has 0 radical (unpaired) electrons. The van der Waals surface area contributed by atoms with Crippen LogP contribution < -0.4 is 5.73 Å². The van der Waals surface area contributed by atoms with Crippen LogP contribution in [-0.4, -0.2) is 14.5 Å². The zero-order valence-electron chi connectivity index (χ0n) is 11.6. The molecule has 3 rings (SSSR count). The minimum atomic E-state index is 0.550. The molecule has 0 unspecified atom stereocenters. The molecule has 4 nitrogen and oxygen atoms in total. The van der Waals surface area contributed by atoms with Crippen molar-refractivity contribution in [3.05, 3.63) is 59.7 Å². The topological polar surface area (TPSA) is 56.7 Å². The molecule has 0 amide bonds.